The van der Waals surface area contributed by atoms with Crippen LogP contribution in [0.3, 0.4) is 0 Å². The fraction of sp³-hybridized carbons (Fsp3) is 1.00. The number of rotatable bonds is 3. The first kappa shape index (κ1) is 13.2. The Labute approximate surface area is 102 Å². The summed E-state index contributed by atoms with van der Waals surface area (Å²) in [6.07, 6.45) is 0.687. The quantitative estimate of drug-likeness (QED) is 0.803. The summed E-state index contributed by atoms with van der Waals surface area (Å²) in [5.74, 6) is -2.47. The van der Waals surface area contributed by atoms with Crippen LogP contribution in [0, 0.1) is 0 Å². The van der Waals surface area contributed by atoms with Gasteiger partial charge in [0.2, 0.25) is 0 Å². The Morgan fingerprint density at radius 3 is 2.59 bits per heavy atom. The molecular formula is C12H23F2N3. The molecule has 2 aliphatic heterocycles. The molecule has 0 aromatic rings. The van der Waals surface area contributed by atoms with Crippen LogP contribution in [0.1, 0.15) is 19.8 Å². The highest BCUT2D eigenvalue weighted by molar-refractivity contribution is 4.82. The van der Waals surface area contributed by atoms with E-state index in [0.717, 1.165) is 39.3 Å². The van der Waals surface area contributed by atoms with Crippen LogP contribution in [0.2, 0.25) is 0 Å². The molecule has 5 heteroatoms. The Hall–Kier alpha value is -0.260. The fourth-order valence-electron chi connectivity index (χ4n) is 2.81. The molecular weight excluding hydrogens is 224 g/mol. The van der Waals surface area contributed by atoms with Gasteiger partial charge in [-0.15, -0.1) is 0 Å². The van der Waals surface area contributed by atoms with Crippen LogP contribution in [0.4, 0.5) is 8.78 Å². The van der Waals surface area contributed by atoms with E-state index in [4.69, 9.17) is 0 Å². The third-order valence-electron chi connectivity index (χ3n) is 3.77. The molecule has 0 aromatic carbocycles. The minimum Gasteiger partial charge on any atom is -0.314 e. The highest BCUT2D eigenvalue weighted by Gasteiger charge is 2.35. The Bertz CT molecular complexity index is 242. The first-order valence-electron chi connectivity index (χ1n) is 6.62. The standard InChI is InChI=1S/C12H23F2N3/c1-11(17-7-4-15-5-8-17)9-16-6-2-3-12(13,14)10-16/h11,15H,2-10H2,1H3. The summed E-state index contributed by atoms with van der Waals surface area (Å²) in [5, 5.41) is 3.31. The van der Waals surface area contributed by atoms with Gasteiger partial charge in [0.15, 0.2) is 0 Å². The van der Waals surface area contributed by atoms with Gasteiger partial charge < -0.3 is 5.32 Å². The lowest BCUT2D eigenvalue weighted by Gasteiger charge is -2.38. The van der Waals surface area contributed by atoms with Crippen LogP contribution in [-0.4, -0.2) is 67.6 Å². The van der Waals surface area contributed by atoms with Gasteiger partial charge in [-0.25, -0.2) is 8.78 Å². The van der Waals surface area contributed by atoms with Gasteiger partial charge in [0, 0.05) is 45.2 Å². The molecule has 17 heavy (non-hydrogen) atoms. The van der Waals surface area contributed by atoms with Crippen molar-refractivity contribution in [2.75, 3.05) is 45.8 Å². The van der Waals surface area contributed by atoms with E-state index in [1.54, 1.807) is 0 Å². The van der Waals surface area contributed by atoms with Crippen molar-refractivity contribution in [2.45, 2.75) is 31.7 Å². The molecule has 2 rings (SSSR count). The molecule has 3 nitrogen and oxygen atoms in total. The minimum atomic E-state index is -2.47. The van der Waals surface area contributed by atoms with E-state index in [-0.39, 0.29) is 13.0 Å². The maximum Gasteiger partial charge on any atom is 0.260 e. The third-order valence-corrected chi connectivity index (χ3v) is 3.77. The second-order valence-electron chi connectivity index (χ2n) is 5.33. The number of alkyl halides is 2. The zero-order valence-electron chi connectivity index (χ0n) is 10.6. The molecule has 0 amide bonds. The summed E-state index contributed by atoms with van der Waals surface area (Å²) < 4.78 is 26.6. The van der Waals surface area contributed by atoms with E-state index in [2.05, 4.69) is 17.1 Å². The Kier molecular flexibility index (Phi) is 4.33. The van der Waals surface area contributed by atoms with Gasteiger partial charge in [-0.1, -0.05) is 0 Å². The number of halogens is 2. The smallest absolute Gasteiger partial charge is 0.260 e. The zero-order valence-corrected chi connectivity index (χ0v) is 10.6. The monoisotopic (exact) mass is 247 g/mol. The van der Waals surface area contributed by atoms with E-state index >= 15 is 0 Å². The maximum atomic E-state index is 13.3. The Morgan fingerprint density at radius 2 is 1.94 bits per heavy atom. The maximum absolute atomic E-state index is 13.3. The second kappa shape index (κ2) is 5.59. The molecule has 0 aliphatic carbocycles. The van der Waals surface area contributed by atoms with Crippen molar-refractivity contribution in [3.63, 3.8) is 0 Å². The number of nitrogens with zero attached hydrogens (tertiary/aromatic N) is 2. The number of hydrogen-bond acceptors (Lipinski definition) is 3. The van der Waals surface area contributed by atoms with E-state index in [1.165, 1.54) is 0 Å². The van der Waals surface area contributed by atoms with E-state index in [9.17, 15) is 8.78 Å². The largest absolute Gasteiger partial charge is 0.314 e. The van der Waals surface area contributed by atoms with Crippen LogP contribution in [0.5, 0.6) is 0 Å². The van der Waals surface area contributed by atoms with Gasteiger partial charge in [0.05, 0.1) is 6.54 Å². The van der Waals surface area contributed by atoms with E-state index in [0.29, 0.717) is 12.5 Å². The fourth-order valence-corrected chi connectivity index (χ4v) is 2.81. The molecule has 1 N–H and O–H groups in total. The van der Waals surface area contributed by atoms with Crippen LogP contribution in [0.15, 0.2) is 0 Å². The van der Waals surface area contributed by atoms with Crippen molar-refractivity contribution in [1.29, 1.82) is 0 Å². The lowest BCUT2D eigenvalue weighted by Crippen LogP contribution is -2.53. The zero-order chi connectivity index (χ0) is 12.3. The average Bonchev–Trinajstić information content (AvgIpc) is 2.29. The highest BCUT2D eigenvalue weighted by atomic mass is 19.3. The number of piperazine rings is 1. The van der Waals surface area contributed by atoms with Crippen molar-refractivity contribution in [3.8, 4) is 0 Å². The van der Waals surface area contributed by atoms with Crippen molar-refractivity contribution in [3.05, 3.63) is 0 Å². The number of piperidine rings is 1. The molecule has 1 atom stereocenters. The SMILES string of the molecule is CC(CN1CCCC(F)(F)C1)N1CCNCC1. The van der Waals surface area contributed by atoms with Crippen LogP contribution < -0.4 is 5.32 Å². The summed E-state index contributed by atoms with van der Waals surface area (Å²) in [4.78, 5) is 4.32. The molecule has 2 fully saturated rings. The summed E-state index contributed by atoms with van der Waals surface area (Å²) in [6, 6.07) is 0.381. The first-order valence-corrected chi connectivity index (χ1v) is 6.62. The second-order valence-corrected chi connectivity index (χ2v) is 5.33. The summed E-state index contributed by atoms with van der Waals surface area (Å²) in [7, 11) is 0. The first-order chi connectivity index (χ1) is 8.07. The number of hydrogen-bond donors (Lipinski definition) is 1. The van der Waals surface area contributed by atoms with Gasteiger partial charge in [-0.2, -0.15) is 0 Å². The van der Waals surface area contributed by atoms with Crippen LogP contribution in [0.25, 0.3) is 0 Å². The third kappa shape index (κ3) is 3.86. The molecule has 0 saturated carbocycles. The predicted molar refractivity (Wildman–Crippen MR) is 64.5 cm³/mol. The van der Waals surface area contributed by atoms with Crippen LogP contribution >= 0.6 is 0 Å². The molecule has 1 unspecified atom stereocenters. The van der Waals surface area contributed by atoms with Gasteiger partial charge in [-0.3, -0.25) is 9.80 Å². The molecule has 100 valence electrons. The lowest BCUT2D eigenvalue weighted by molar-refractivity contribution is -0.0685. The normalized spacial score (nSPS) is 29.1. The summed E-state index contributed by atoms with van der Waals surface area (Å²) in [5.41, 5.74) is 0. The van der Waals surface area contributed by atoms with Crippen molar-refractivity contribution >= 4 is 0 Å². The van der Waals surface area contributed by atoms with Gasteiger partial charge >= 0.3 is 0 Å². The molecule has 0 radical (unpaired) electrons. The van der Waals surface area contributed by atoms with Gasteiger partial charge in [-0.05, 0) is 19.9 Å². The molecule has 0 bridgehead atoms. The van der Waals surface area contributed by atoms with Gasteiger partial charge in [0.1, 0.15) is 0 Å². The molecule has 2 aliphatic rings. The molecule has 2 heterocycles. The van der Waals surface area contributed by atoms with Crippen molar-refractivity contribution in [1.82, 2.24) is 15.1 Å². The highest BCUT2D eigenvalue weighted by Crippen LogP contribution is 2.26. The molecule has 0 aromatic heterocycles. The number of likely N-dealkylation sites (tertiary alicyclic amines) is 1. The Balaban J connectivity index is 1.79. The van der Waals surface area contributed by atoms with E-state index < -0.39 is 5.92 Å². The van der Waals surface area contributed by atoms with Crippen molar-refractivity contribution in [2.24, 2.45) is 0 Å². The van der Waals surface area contributed by atoms with E-state index in [1.807, 2.05) is 4.90 Å². The molecule has 2 saturated heterocycles. The summed E-state index contributed by atoms with van der Waals surface area (Å²) >= 11 is 0. The molecule has 0 spiro atoms. The van der Waals surface area contributed by atoms with Crippen LogP contribution in [-0.2, 0) is 0 Å². The number of nitrogens with one attached hydrogen (secondary N) is 1. The predicted octanol–water partition coefficient (Wildman–Crippen LogP) is 1.01. The minimum absolute atomic E-state index is 0.0522. The van der Waals surface area contributed by atoms with Gasteiger partial charge in [0.25, 0.3) is 5.92 Å². The average molecular weight is 247 g/mol. The lowest BCUT2D eigenvalue weighted by atomic mass is 10.1. The topological polar surface area (TPSA) is 18.5 Å². The Morgan fingerprint density at radius 1 is 1.24 bits per heavy atom. The van der Waals surface area contributed by atoms with Crippen molar-refractivity contribution < 1.29 is 8.78 Å². The summed E-state index contributed by atoms with van der Waals surface area (Å²) in [6.45, 7) is 7.79.